The van der Waals surface area contributed by atoms with Crippen molar-refractivity contribution in [3.63, 3.8) is 0 Å². The first-order valence-corrected chi connectivity index (χ1v) is 11.8. The van der Waals surface area contributed by atoms with Crippen molar-refractivity contribution >= 4 is 39.9 Å². The number of anilines is 2. The van der Waals surface area contributed by atoms with Crippen LogP contribution in [0.3, 0.4) is 0 Å². The molecule has 0 unspecified atom stereocenters. The number of carbonyl (C=O) groups is 3. The van der Waals surface area contributed by atoms with Crippen molar-refractivity contribution in [3.8, 4) is 0 Å². The van der Waals surface area contributed by atoms with Gasteiger partial charge in [0, 0.05) is 23.5 Å². The van der Waals surface area contributed by atoms with E-state index in [4.69, 9.17) is 4.42 Å². The number of furan rings is 1. The SMILES string of the molecule is Cc1occc1C(=O)Nc1nc(CC(=O)NCc2cccc(NC(=O)C3CCCC3)c2)cs1. The number of hydrogen-bond acceptors (Lipinski definition) is 6. The predicted octanol–water partition coefficient (Wildman–Crippen LogP) is 4.28. The summed E-state index contributed by atoms with van der Waals surface area (Å²) in [5.41, 5.74) is 2.67. The minimum absolute atomic E-state index is 0.0723. The van der Waals surface area contributed by atoms with E-state index in [1.807, 2.05) is 24.3 Å². The molecule has 0 atom stereocenters. The lowest BCUT2D eigenvalue weighted by Crippen LogP contribution is -2.25. The Kier molecular flexibility index (Phi) is 7.19. The van der Waals surface area contributed by atoms with Crippen LogP contribution in [-0.4, -0.2) is 22.7 Å². The van der Waals surface area contributed by atoms with E-state index >= 15 is 0 Å². The Morgan fingerprint density at radius 3 is 2.73 bits per heavy atom. The maximum Gasteiger partial charge on any atom is 0.260 e. The third kappa shape index (κ3) is 6.07. The number of benzene rings is 1. The summed E-state index contributed by atoms with van der Waals surface area (Å²) in [6, 6.07) is 9.10. The standard InChI is InChI=1S/C24H26N4O4S/c1-15-20(9-10-32-15)23(31)28-24-27-19(14-33-24)12-21(29)25-13-16-5-4-8-18(11-16)26-22(30)17-6-2-3-7-17/h4-5,8-11,14,17H,2-3,6-7,12-13H2,1H3,(H,25,29)(H,26,30)(H,27,28,31). The van der Waals surface area contributed by atoms with E-state index in [1.54, 1.807) is 18.4 Å². The summed E-state index contributed by atoms with van der Waals surface area (Å²) >= 11 is 1.26. The van der Waals surface area contributed by atoms with E-state index in [-0.39, 0.29) is 30.1 Å². The molecular weight excluding hydrogens is 440 g/mol. The van der Waals surface area contributed by atoms with Crippen LogP contribution in [0.2, 0.25) is 0 Å². The van der Waals surface area contributed by atoms with Crippen LogP contribution in [-0.2, 0) is 22.6 Å². The molecule has 3 aromatic rings. The minimum Gasteiger partial charge on any atom is -0.469 e. The maximum atomic E-state index is 12.4. The quantitative estimate of drug-likeness (QED) is 0.458. The third-order valence-corrected chi connectivity index (χ3v) is 6.43. The molecule has 0 spiro atoms. The van der Waals surface area contributed by atoms with Gasteiger partial charge < -0.3 is 15.1 Å². The van der Waals surface area contributed by atoms with Gasteiger partial charge in [0.25, 0.3) is 5.91 Å². The van der Waals surface area contributed by atoms with Gasteiger partial charge in [-0.25, -0.2) is 4.98 Å². The van der Waals surface area contributed by atoms with E-state index in [0.29, 0.717) is 28.7 Å². The van der Waals surface area contributed by atoms with E-state index in [0.717, 1.165) is 36.9 Å². The van der Waals surface area contributed by atoms with Crippen LogP contribution in [0.25, 0.3) is 0 Å². The summed E-state index contributed by atoms with van der Waals surface area (Å²) in [6.45, 7) is 2.06. The fourth-order valence-electron chi connectivity index (χ4n) is 3.85. The molecule has 1 aliphatic carbocycles. The molecular formula is C24H26N4O4S. The zero-order valence-electron chi connectivity index (χ0n) is 18.3. The first-order chi connectivity index (χ1) is 16.0. The van der Waals surface area contributed by atoms with Crippen LogP contribution >= 0.6 is 11.3 Å². The Labute approximate surface area is 195 Å². The molecule has 172 valence electrons. The molecule has 0 aliphatic heterocycles. The number of amides is 3. The molecule has 1 aliphatic rings. The third-order valence-electron chi connectivity index (χ3n) is 5.63. The molecule has 4 rings (SSSR count). The van der Waals surface area contributed by atoms with Crippen molar-refractivity contribution in [1.29, 1.82) is 0 Å². The van der Waals surface area contributed by atoms with Crippen molar-refractivity contribution in [2.45, 2.75) is 45.6 Å². The van der Waals surface area contributed by atoms with Crippen LogP contribution in [0.15, 0.2) is 46.4 Å². The lowest BCUT2D eigenvalue weighted by atomic mass is 10.1. The molecule has 0 bridgehead atoms. The Morgan fingerprint density at radius 1 is 1.15 bits per heavy atom. The average Bonchev–Trinajstić information content (AvgIpc) is 3.55. The van der Waals surface area contributed by atoms with Gasteiger partial charge >= 0.3 is 0 Å². The summed E-state index contributed by atoms with van der Waals surface area (Å²) in [4.78, 5) is 41.3. The van der Waals surface area contributed by atoms with E-state index in [1.165, 1.54) is 17.6 Å². The smallest absolute Gasteiger partial charge is 0.260 e. The molecule has 0 radical (unpaired) electrons. The Morgan fingerprint density at radius 2 is 1.97 bits per heavy atom. The second-order valence-electron chi connectivity index (χ2n) is 8.11. The number of aryl methyl sites for hydroxylation is 1. The Hall–Kier alpha value is -3.46. The summed E-state index contributed by atoms with van der Waals surface area (Å²) < 4.78 is 5.14. The maximum absolute atomic E-state index is 12.4. The Bertz CT molecular complexity index is 1150. The minimum atomic E-state index is -0.300. The van der Waals surface area contributed by atoms with Gasteiger partial charge in [-0.05, 0) is 43.5 Å². The van der Waals surface area contributed by atoms with Crippen LogP contribution in [0.5, 0.6) is 0 Å². The van der Waals surface area contributed by atoms with Gasteiger partial charge in [-0.2, -0.15) is 0 Å². The Balaban J connectivity index is 1.25. The van der Waals surface area contributed by atoms with Crippen molar-refractivity contribution in [1.82, 2.24) is 10.3 Å². The zero-order chi connectivity index (χ0) is 23.2. The number of thiazole rings is 1. The molecule has 2 aromatic heterocycles. The molecule has 3 N–H and O–H groups in total. The highest BCUT2D eigenvalue weighted by Gasteiger charge is 2.22. The van der Waals surface area contributed by atoms with Gasteiger partial charge in [-0.1, -0.05) is 25.0 Å². The number of carbonyl (C=O) groups excluding carboxylic acids is 3. The fourth-order valence-corrected chi connectivity index (χ4v) is 4.55. The molecule has 33 heavy (non-hydrogen) atoms. The molecule has 8 nitrogen and oxygen atoms in total. The first-order valence-electron chi connectivity index (χ1n) is 10.9. The number of nitrogens with one attached hydrogen (secondary N) is 3. The highest BCUT2D eigenvalue weighted by Crippen LogP contribution is 2.26. The highest BCUT2D eigenvalue weighted by molar-refractivity contribution is 7.14. The number of nitrogens with zero attached hydrogens (tertiary/aromatic N) is 1. The topological polar surface area (TPSA) is 113 Å². The van der Waals surface area contributed by atoms with Crippen LogP contribution in [0.4, 0.5) is 10.8 Å². The predicted molar refractivity (Wildman–Crippen MR) is 126 cm³/mol. The average molecular weight is 467 g/mol. The number of rotatable bonds is 8. The molecule has 2 heterocycles. The number of hydrogen-bond donors (Lipinski definition) is 3. The molecule has 1 fully saturated rings. The first kappa shape index (κ1) is 22.7. The van der Waals surface area contributed by atoms with Gasteiger partial charge in [-0.15, -0.1) is 11.3 Å². The monoisotopic (exact) mass is 466 g/mol. The van der Waals surface area contributed by atoms with E-state index < -0.39 is 0 Å². The summed E-state index contributed by atoms with van der Waals surface area (Å²) in [5, 5.41) is 10.8. The highest BCUT2D eigenvalue weighted by atomic mass is 32.1. The van der Waals surface area contributed by atoms with Gasteiger partial charge in [-0.3, -0.25) is 19.7 Å². The molecule has 1 saturated carbocycles. The summed E-state index contributed by atoms with van der Waals surface area (Å²) in [7, 11) is 0. The second kappa shape index (κ2) is 10.4. The van der Waals surface area contributed by atoms with Gasteiger partial charge in [0.2, 0.25) is 11.8 Å². The van der Waals surface area contributed by atoms with E-state index in [2.05, 4.69) is 20.9 Å². The van der Waals surface area contributed by atoms with Crippen molar-refractivity contribution < 1.29 is 18.8 Å². The molecule has 3 amide bonds. The molecule has 1 aromatic carbocycles. The fraction of sp³-hybridized carbons (Fsp3) is 0.333. The second-order valence-corrected chi connectivity index (χ2v) is 8.97. The normalized spacial score (nSPS) is 13.6. The van der Waals surface area contributed by atoms with Crippen molar-refractivity contribution in [3.05, 3.63) is 64.6 Å². The largest absolute Gasteiger partial charge is 0.469 e. The van der Waals surface area contributed by atoms with Crippen LogP contribution in [0.1, 0.15) is 53.1 Å². The summed E-state index contributed by atoms with van der Waals surface area (Å²) in [5.74, 6) is 0.231. The van der Waals surface area contributed by atoms with Gasteiger partial charge in [0.1, 0.15) is 5.76 Å². The zero-order valence-corrected chi connectivity index (χ0v) is 19.2. The van der Waals surface area contributed by atoms with Crippen LogP contribution < -0.4 is 16.0 Å². The van der Waals surface area contributed by atoms with E-state index in [9.17, 15) is 14.4 Å². The van der Waals surface area contributed by atoms with Gasteiger partial charge in [0.15, 0.2) is 5.13 Å². The number of aromatic nitrogens is 1. The van der Waals surface area contributed by atoms with Gasteiger partial charge in [0.05, 0.1) is 23.9 Å². The molecule has 0 saturated heterocycles. The van der Waals surface area contributed by atoms with Crippen molar-refractivity contribution in [2.24, 2.45) is 5.92 Å². The molecule has 9 heteroatoms. The summed E-state index contributed by atoms with van der Waals surface area (Å²) in [6.07, 6.45) is 5.69. The lowest BCUT2D eigenvalue weighted by molar-refractivity contribution is -0.121. The van der Waals surface area contributed by atoms with Crippen LogP contribution in [0, 0.1) is 12.8 Å². The van der Waals surface area contributed by atoms with Crippen molar-refractivity contribution in [2.75, 3.05) is 10.6 Å². The lowest BCUT2D eigenvalue weighted by Gasteiger charge is -2.11.